The predicted octanol–water partition coefficient (Wildman–Crippen LogP) is 5.38. The minimum atomic E-state index is -2.70. The fraction of sp³-hybridized carbons (Fsp3) is 0.120. The number of halogens is 3. The average Bonchev–Trinajstić information content (AvgIpc) is 3.33. The Labute approximate surface area is 242 Å². The van der Waals surface area contributed by atoms with Crippen molar-refractivity contribution in [2.45, 2.75) is 18.9 Å². The number of aliphatic carboxylic acids is 1. The highest BCUT2D eigenvalue weighted by atomic mass is 79.9. The van der Waals surface area contributed by atoms with Crippen molar-refractivity contribution in [1.29, 1.82) is 0 Å². The fourth-order valence-corrected chi connectivity index (χ4v) is 5.54. The monoisotopic (exact) mass is 652 g/mol. The van der Waals surface area contributed by atoms with Gasteiger partial charge in [-0.3, -0.25) is 9.35 Å². The van der Waals surface area contributed by atoms with Crippen LogP contribution < -0.4 is 9.62 Å². The molecular formula is C25H19BrClFN4O5S2. The lowest BCUT2D eigenvalue weighted by Crippen LogP contribution is -2.42. The highest BCUT2D eigenvalue weighted by molar-refractivity contribution is 9.10. The van der Waals surface area contributed by atoms with Crippen LogP contribution in [0.25, 0.3) is 0 Å². The summed E-state index contributed by atoms with van der Waals surface area (Å²) in [5, 5.41) is 12.4. The number of carbonyl (C=O) groups excluding carboxylic acids is 1. The molecule has 0 radical (unpaired) electrons. The first kappa shape index (κ1) is 28.8. The molecule has 202 valence electrons. The summed E-state index contributed by atoms with van der Waals surface area (Å²) >= 11 is 7.38. The molecule has 0 aliphatic carbocycles. The van der Waals surface area contributed by atoms with Crippen LogP contribution in [0.15, 0.2) is 71.2 Å². The van der Waals surface area contributed by atoms with Crippen molar-refractivity contribution in [2.75, 3.05) is 4.31 Å². The number of carbonyl (C=O) groups is 2. The molecule has 2 unspecified atom stereocenters. The summed E-state index contributed by atoms with van der Waals surface area (Å²) in [6.07, 6.45) is 0.159. The molecule has 0 aliphatic rings. The van der Waals surface area contributed by atoms with Gasteiger partial charge >= 0.3 is 5.97 Å². The number of carboxylic acid groups (broad SMARTS) is 1. The van der Waals surface area contributed by atoms with E-state index < -0.39 is 35.0 Å². The first-order chi connectivity index (χ1) is 18.6. The number of rotatable bonds is 10. The van der Waals surface area contributed by atoms with Gasteiger partial charge in [0.1, 0.15) is 17.6 Å². The number of amides is 1. The highest BCUT2D eigenvalue weighted by Crippen LogP contribution is 2.34. The molecule has 1 amide bonds. The van der Waals surface area contributed by atoms with Crippen molar-refractivity contribution in [1.82, 2.24) is 14.1 Å². The maximum absolute atomic E-state index is 13.6. The Morgan fingerprint density at radius 1 is 1.10 bits per heavy atom. The number of benzene rings is 3. The van der Waals surface area contributed by atoms with Crippen molar-refractivity contribution in [3.8, 4) is 0 Å². The van der Waals surface area contributed by atoms with Crippen molar-refractivity contribution in [3.05, 3.63) is 104 Å². The van der Waals surface area contributed by atoms with Crippen LogP contribution >= 0.6 is 39.3 Å². The van der Waals surface area contributed by atoms with Crippen LogP contribution in [0.5, 0.6) is 0 Å². The molecule has 0 saturated carbocycles. The summed E-state index contributed by atoms with van der Waals surface area (Å²) in [5.41, 5.74) is 1.55. The average molecular weight is 654 g/mol. The number of nitrogens with zero attached hydrogens (tertiary/aromatic N) is 3. The quantitative estimate of drug-likeness (QED) is 0.196. The van der Waals surface area contributed by atoms with E-state index in [4.69, 9.17) is 11.6 Å². The molecular weight excluding hydrogens is 635 g/mol. The van der Waals surface area contributed by atoms with E-state index in [0.717, 1.165) is 21.6 Å². The first-order valence-corrected chi connectivity index (χ1v) is 14.1. The molecule has 1 aromatic heterocycles. The zero-order valence-corrected chi connectivity index (χ0v) is 23.7. The molecule has 0 spiro atoms. The molecule has 2 atom stereocenters. The molecule has 14 heteroatoms. The van der Waals surface area contributed by atoms with Gasteiger partial charge in [0.25, 0.3) is 17.2 Å². The van der Waals surface area contributed by atoms with Gasteiger partial charge in [-0.15, -0.1) is 0 Å². The summed E-state index contributed by atoms with van der Waals surface area (Å²) in [4.78, 5) is 25.3. The van der Waals surface area contributed by atoms with Gasteiger partial charge in [-0.2, -0.15) is 8.75 Å². The summed E-state index contributed by atoms with van der Waals surface area (Å²) in [6.45, 7) is 0. The Morgan fingerprint density at radius 2 is 1.85 bits per heavy atom. The largest absolute Gasteiger partial charge is 0.480 e. The van der Waals surface area contributed by atoms with Crippen molar-refractivity contribution in [3.63, 3.8) is 0 Å². The fourth-order valence-electron chi connectivity index (χ4n) is 3.73. The molecule has 0 fully saturated rings. The van der Waals surface area contributed by atoms with Gasteiger partial charge in [0, 0.05) is 17.9 Å². The van der Waals surface area contributed by atoms with E-state index >= 15 is 0 Å². The van der Waals surface area contributed by atoms with E-state index in [1.807, 2.05) is 30.3 Å². The standard InChI is InChI=1S/C25H19BrClFN4O5S2/c26-18-10-15(6-9-19(18)28)12-21(25(34)35)29-24(33)17-8-7-16(27)13-22(17)32(39(36)37)23-20(30-38-31-23)11-14-4-2-1-3-5-14/h1-10,13,21H,11-12H2,(H,29,33)(H,34,35)(H,36,37). The second-order valence-corrected chi connectivity index (χ2v) is 10.8. The molecule has 1 heterocycles. The number of anilines is 2. The van der Waals surface area contributed by atoms with E-state index in [0.29, 0.717) is 17.7 Å². The van der Waals surface area contributed by atoms with Gasteiger partial charge in [0.2, 0.25) is 0 Å². The van der Waals surface area contributed by atoms with Crippen LogP contribution in [0.3, 0.4) is 0 Å². The van der Waals surface area contributed by atoms with Gasteiger partial charge in [-0.1, -0.05) is 48.0 Å². The lowest BCUT2D eigenvalue weighted by Gasteiger charge is -2.22. The van der Waals surface area contributed by atoms with E-state index in [1.54, 1.807) is 0 Å². The Kier molecular flexibility index (Phi) is 9.40. The molecule has 9 nitrogen and oxygen atoms in total. The highest BCUT2D eigenvalue weighted by Gasteiger charge is 2.29. The number of hydrogen-bond donors (Lipinski definition) is 3. The van der Waals surface area contributed by atoms with E-state index in [2.05, 4.69) is 30.0 Å². The summed E-state index contributed by atoms with van der Waals surface area (Å²) < 4.78 is 46.0. The minimum absolute atomic E-state index is 0.0481. The normalized spacial score (nSPS) is 12.5. The van der Waals surface area contributed by atoms with Crippen molar-refractivity contribution >= 4 is 73.9 Å². The summed E-state index contributed by atoms with van der Waals surface area (Å²) in [7, 11) is 0. The van der Waals surface area contributed by atoms with Gasteiger partial charge in [-0.05, 0) is 57.4 Å². The first-order valence-electron chi connectivity index (χ1n) is 11.2. The van der Waals surface area contributed by atoms with Gasteiger partial charge in [0.05, 0.1) is 27.5 Å². The molecule has 39 heavy (non-hydrogen) atoms. The Bertz CT molecular complexity index is 1540. The topological polar surface area (TPSA) is 133 Å². The second kappa shape index (κ2) is 12.7. The Morgan fingerprint density at radius 3 is 2.51 bits per heavy atom. The molecule has 3 aromatic carbocycles. The van der Waals surface area contributed by atoms with Crippen LogP contribution in [0.1, 0.15) is 27.2 Å². The molecule has 3 N–H and O–H groups in total. The number of hydrogen-bond acceptors (Lipinski definition) is 6. The maximum Gasteiger partial charge on any atom is 0.326 e. The van der Waals surface area contributed by atoms with Crippen LogP contribution in [0.2, 0.25) is 5.02 Å². The molecule has 4 aromatic rings. The third-order valence-electron chi connectivity index (χ3n) is 5.55. The SMILES string of the molecule is O=C(NC(Cc1ccc(F)c(Br)c1)C(=O)O)c1ccc(Cl)cc1N(c1nsnc1Cc1ccccc1)S(=O)O. The zero-order chi connectivity index (χ0) is 28.1. The Hall–Kier alpha value is -3.23. The maximum atomic E-state index is 13.6. The molecule has 0 bridgehead atoms. The molecule has 0 aliphatic heterocycles. The van der Waals surface area contributed by atoms with Crippen molar-refractivity contribution < 1.29 is 27.8 Å². The smallest absolute Gasteiger partial charge is 0.326 e. The summed E-state index contributed by atoms with van der Waals surface area (Å²) in [6, 6.07) is 15.9. The van der Waals surface area contributed by atoms with E-state index in [9.17, 15) is 27.8 Å². The van der Waals surface area contributed by atoms with Gasteiger partial charge in [-0.25, -0.2) is 17.7 Å². The number of aromatic nitrogens is 2. The van der Waals surface area contributed by atoms with E-state index in [1.165, 1.54) is 36.4 Å². The van der Waals surface area contributed by atoms with Crippen LogP contribution in [-0.2, 0) is 28.9 Å². The Balaban J connectivity index is 1.67. The van der Waals surface area contributed by atoms with Crippen LogP contribution in [0.4, 0.5) is 15.9 Å². The van der Waals surface area contributed by atoms with E-state index in [-0.39, 0.29) is 33.0 Å². The van der Waals surface area contributed by atoms with Crippen molar-refractivity contribution in [2.24, 2.45) is 0 Å². The van der Waals surface area contributed by atoms with Gasteiger partial charge in [0.15, 0.2) is 5.82 Å². The second-order valence-electron chi connectivity index (χ2n) is 8.20. The minimum Gasteiger partial charge on any atom is -0.480 e. The predicted molar refractivity (Wildman–Crippen MR) is 150 cm³/mol. The third kappa shape index (κ3) is 7.05. The summed E-state index contributed by atoms with van der Waals surface area (Å²) in [5.74, 6) is -2.62. The van der Waals surface area contributed by atoms with Gasteiger partial charge < -0.3 is 10.4 Å². The molecule has 4 rings (SSSR count). The van der Waals surface area contributed by atoms with Crippen LogP contribution in [0, 0.1) is 5.82 Å². The number of nitrogens with one attached hydrogen (secondary N) is 1. The molecule has 0 saturated heterocycles. The lowest BCUT2D eigenvalue weighted by molar-refractivity contribution is -0.139. The lowest BCUT2D eigenvalue weighted by atomic mass is 10.0. The zero-order valence-electron chi connectivity index (χ0n) is 19.8. The van der Waals surface area contributed by atoms with Crippen LogP contribution in [-0.4, -0.2) is 40.5 Å². The third-order valence-corrected chi connectivity index (χ3v) is 7.63. The number of carboxylic acids is 1.